The monoisotopic (exact) mass is 446 g/mol. The molecule has 0 aliphatic heterocycles. The molecule has 0 aliphatic carbocycles. The summed E-state index contributed by atoms with van der Waals surface area (Å²) in [5.41, 5.74) is -1.34. The molecule has 30 heavy (non-hydrogen) atoms. The lowest BCUT2D eigenvalue weighted by molar-refractivity contribution is -0.141. The van der Waals surface area contributed by atoms with E-state index in [2.05, 4.69) is 27.2 Å². The maximum Gasteiger partial charge on any atom is 0.434 e. The predicted octanol–water partition coefficient (Wildman–Crippen LogP) is 3.12. The van der Waals surface area contributed by atoms with Crippen LogP contribution in [0.5, 0.6) is 5.75 Å². The Labute approximate surface area is 173 Å². The van der Waals surface area contributed by atoms with Gasteiger partial charge in [-0.25, -0.2) is 14.4 Å². The van der Waals surface area contributed by atoms with E-state index in [1.165, 1.54) is 12.1 Å². The third-order valence-electron chi connectivity index (χ3n) is 3.48. The molecule has 2 rings (SSSR count). The Kier molecular flexibility index (Phi) is 7.70. The van der Waals surface area contributed by atoms with Gasteiger partial charge in [0, 0.05) is 24.7 Å². The van der Waals surface area contributed by atoms with Gasteiger partial charge in [-0.2, -0.15) is 13.2 Å². The number of hydrogen-bond acceptors (Lipinski definition) is 5. The lowest BCUT2D eigenvalue weighted by Gasteiger charge is -2.10. The molecule has 2 amide bonds. The van der Waals surface area contributed by atoms with Gasteiger partial charge in [0.25, 0.3) is 11.8 Å². The van der Waals surface area contributed by atoms with Gasteiger partial charge >= 0.3 is 6.18 Å². The van der Waals surface area contributed by atoms with Gasteiger partial charge in [-0.1, -0.05) is 18.2 Å². The average molecular weight is 447 g/mol. The Morgan fingerprint density at radius 3 is 2.53 bits per heavy atom. The summed E-state index contributed by atoms with van der Waals surface area (Å²) < 4.78 is 55.7. The van der Waals surface area contributed by atoms with Crippen LogP contribution in [0.15, 0.2) is 42.9 Å². The topological polar surface area (TPSA) is 93.2 Å². The first-order valence-electron chi connectivity index (χ1n) is 8.29. The summed E-state index contributed by atoms with van der Waals surface area (Å²) >= 11 is 5.54. The molecule has 0 unspecified atom stereocenters. The van der Waals surface area contributed by atoms with E-state index in [1.807, 2.05) is 0 Å². The molecule has 0 saturated heterocycles. The van der Waals surface area contributed by atoms with Crippen molar-refractivity contribution < 1.29 is 31.9 Å². The quantitative estimate of drug-likeness (QED) is 0.608. The van der Waals surface area contributed by atoms with E-state index in [-0.39, 0.29) is 41.7 Å². The summed E-state index contributed by atoms with van der Waals surface area (Å²) in [5.74, 6) is -1.85. The summed E-state index contributed by atoms with van der Waals surface area (Å²) in [7, 11) is 0. The summed E-state index contributed by atoms with van der Waals surface area (Å²) in [5, 5.41) is 4.77. The van der Waals surface area contributed by atoms with E-state index < -0.39 is 29.5 Å². The number of nitrogens with zero attached hydrogens (tertiary/aromatic N) is 2. The summed E-state index contributed by atoms with van der Waals surface area (Å²) in [6, 6.07) is 3.73. The fourth-order valence-corrected chi connectivity index (χ4v) is 2.12. The summed E-state index contributed by atoms with van der Waals surface area (Å²) in [6.45, 7) is 3.31. The zero-order chi connectivity index (χ0) is 22.3. The SMILES string of the molecule is C=C(CCNC(=O)COc1ccc(Cl)c(F)c1)NC(=O)c1cnc(C(F)(F)F)cn1. The number of hydrogen-bond donors (Lipinski definition) is 2. The molecule has 0 atom stereocenters. The van der Waals surface area contributed by atoms with Crippen LogP contribution in [0.1, 0.15) is 22.6 Å². The van der Waals surface area contributed by atoms with Gasteiger partial charge in [0.1, 0.15) is 17.3 Å². The Balaban J connectivity index is 1.71. The smallest absolute Gasteiger partial charge is 0.434 e. The van der Waals surface area contributed by atoms with Crippen molar-refractivity contribution in [1.82, 2.24) is 20.6 Å². The van der Waals surface area contributed by atoms with Crippen LogP contribution < -0.4 is 15.4 Å². The van der Waals surface area contributed by atoms with Crippen molar-refractivity contribution >= 4 is 23.4 Å². The van der Waals surface area contributed by atoms with Crippen LogP contribution >= 0.6 is 11.6 Å². The predicted molar refractivity (Wildman–Crippen MR) is 98.2 cm³/mol. The number of nitrogens with one attached hydrogen (secondary N) is 2. The van der Waals surface area contributed by atoms with E-state index in [0.717, 1.165) is 6.07 Å². The van der Waals surface area contributed by atoms with E-state index in [4.69, 9.17) is 16.3 Å². The van der Waals surface area contributed by atoms with Gasteiger partial charge < -0.3 is 15.4 Å². The number of rotatable bonds is 8. The molecule has 0 aliphatic rings. The molecule has 0 bridgehead atoms. The van der Waals surface area contributed by atoms with Crippen molar-refractivity contribution in [2.24, 2.45) is 0 Å². The van der Waals surface area contributed by atoms with Crippen LogP contribution in [0.3, 0.4) is 0 Å². The van der Waals surface area contributed by atoms with E-state index in [9.17, 15) is 27.2 Å². The minimum absolute atomic E-state index is 0.0744. The van der Waals surface area contributed by atoms with Crippen LogP contribution in [0, 0.1) is 5.82 Å². The highest BCUT2D eigenvalue weighted by Crippen LogP contribution is 2.26. The van der Waals surface area contributed by atoms with Crippen molar-refractivity contribution in [1.29, 1.82) is 0 Å². The second kappa shape index (κ2) is 10.0. The molecule has 0 fully saturated rings. The van der Waals surface area contributed by atoms with Crippen molar-refractivity contribution in [2.75, 3.05) is 13.2 Å². The lowest BCUT2D eigenvalue weighted by Crippen LogP contribution is -2.31. The first kappa shape index (κ1) is 23.1. The number of amides is 2. The highest BCUT2D eigenvalue weighted by Gasteiger charge is 2.33. The van der Waals surface area contributed by atoms with Crippen molar-refractivity contribution in [2.45, 2.75) is 12.6 Å². The molecule has 2 N–H and O–H groups in total. The number of aromatic nitrogens is 2. The van der Waals surface area contributed by atoms with Crippen LogP contribution in [-0.4, -0.2) is 34.9 Å². The second-order valence-corrected chi connectivity index (χ2v) is 6.21. The summed E-state index contributed by atoms with van der Waals surface area (Å²) in [6.07, 6.45) is -3.37. The minimum Gasteiger partial charge on any atom is -0.484 e. The molecule has 1 aromatic heterocycles. The van der Waals surface area contributed by atoms with Gasteiger partial charge in [-0.15, -0.1) is 0 Å². The maximum atomic E-state index is 13.3. The van der Waals surface area contributed by atoms with Crippen LogP contribution in [-0.2, 0) is 11.0 Å². The molecule has 0 saturated carbocycles. The Hall–Kier alpha value is -3.21. The first-order valence-corrected chi connectivity index (χ1v) is 8.67. The highest BCUT2D eigenvalue weighted by atomic mass is 35.5. The zero-order valence-electron chi connectivity index (χ0n) is 15.2. The van der Waals surface area contributed by atoms with E-state index in [1.54, 1.807) is 0 Å². The number of ether oxygens (including phenoxy) is 1. The molecule has 2 aromatic rings. The number of carbonyl (C=O) groups excluding carboxylic acids is 2. The fourth-order valence-electron chi connectivity index (χ4n) is 2.00. The van der Waals surface area contributed by atoms with Crippen LogP contribution in [0.4, 0.5) is 17.6 Å². The molecule has 1 heterocycles. The maximum absolute atomic E-state index is 13.3. The largest absolute Gasteiger partial charge is 0.484 e. The fraction of sp³-hybridized carbons (Fsp3) is 0.222. The number of carbonyl (C=O) groups is 2. The van der Waals surface area contributed by atoms with Crippen LogP contribution in [0.2, 0.25) is 5.02 Å². The zero-order valence-corrected chi connectivity index (χ0v) is 16.0. The van der Waals surface area contributed by atoms with Crippen molar-refractivity contribution in [3.63, 3.8) is 0 Å². The highest BCUT2D eigenvalue weighted by molar-refractivity contribution is 6.30. The average Bonchev–Trinajstić information content (AvgIpc) is 2.68. The summed E-state index contributed by atoms with van der Waals surface area (Å²) in [4.78, 5) is 30.2. The molecule has 12 heteroatoms. The Bertz CT molecular complexity index is 936. The Morgan fingerprint density at radius 2 is 1.93 bits per heavy atom. The standard InChI is InChI=1S/C18H15ClF4N4O3/c1-10(27-17(29)14-7-26-15(8-25-14)18(21,22)23)4-5-24-16(28)9-30-11-2-3-12(19)13(20)6-11/h2-3,6-8H,1,4-5,9H2,(H,24,28)(H,27,29). The van der Waals surface area contributed by atoms with Gasteiger partial charge in [0.05, 0.1) is 17.4 Å². The lowest BCUT2D eigenvalue weighted by atomic mass is 10.3. The molecular weight excluding hydrogens is 432 g/mol. The molecule has 1 aromatic carbocycles. The minimum atomic E-state index is -4.66. The van der Waals surface area contributed by atoms with Crippen molar-refractivity contribution in [3.8, 4) is 5.75 Å². The molecule has 7 nitrogen and oxygen atoms in total. The molecular formula is C18H15ClF4N4O3. The second-order valence-electron chi connectivity index (χ2n) is 5.81. The number of alkyl halides is 3. The van der Waals surface area contributed by atoms with Gasteiger partial charge in [0.2, 0.25) is 0 Å². The normalized spacial score (nSPS) is 11.0. The molecule has 0 radical (unpaired) electrons. The van der Waals surface area contributed by atoms with E-state index in [0.29, 0.717) is 12.4 Å². The van der Waals surface area contributed by atoms with Crippen molar-refractivity contribution in [3.05, 3.63) is 65.1 Å². The third-order valence-corrected chi connectivity index (χ3v) is 3.78. The molecule has 160 valence electrons. The van der Waals surface area contributed by atoms with Crippen LogP contribution in [0.25, 0.3) is 0 Å². The van der Waals surface area contributed by atoms with Gasteiger partial charge in [0.15, 0.2) is 12.3 Å². The van der Waals surface area contributed by atoms with E-state index >= 15 is 0 Å². The first-order chi connectivity index (χ1) is 14.1. The third kappa shape index (κ3) is 6.99. The van der Waals surface area contributed by atoms with Gasteiger partial charge in [-0.05, 0) is 12.1 Å². The number of benzene rings is 1. The van der Waals surface area contributed by atoms with Gasteiger partial charge in [-0.3, -0.25) is 9.59 Å². The number of halogens is 5. The molecule has 0 spiro atoms. The Morgan fingerprint density at radius 1 is 1.20 bits per heavy atom.